The second-order valence-electron chi connectivity index (χ2n) is 13.7. The first-order chi connectivity index (χ1) is 21.9. The Hall–Kier alpha value is -2.88. The Balaban J connectivity index is 0.000000209. The molecule has 0 radical (unpaired) electrons. The fourth-order valence-corrected chi connectivity index (χ4v) is 7.19. The molecule has 4 N–H and O–H groups in total. The summed E-state index contributed by atoms with van der Waals surface area (Å²) in [7, 11) is -5.27. The van der Waals surface area contributed by atoms with Crippen LogP contribution >= 0.6 is 30.2 Å². The van der Waals surface area contributed by atoms with Crippen molar-refractivity contribution in [3.63, 3.8) is 0 Å². The highest BCUT2D eigenvalue weighted by atomic mass is 79.9. The molecule has 1 aliphatic heterocycles. The lowest BCUT2D eigenvalue weighted by Crippen LogP contribution is -2.41. The Labute approximate surface area is 294 Å². The smallest absolute Gasteiger partial charge is 0.399 e. The number of benzene rings is 2. The summed E-state index contributed by atoms with van der Waals surface area (Å²) >= 11 is 3.22. The van der Waals surface area contributed by atoms with Crippen LogP contribution in [0.2, 0.25) is 0 Å². The van der Waals surface area contributed by atoms with Crippen molar-refractivity contribution in [3.8, 4) is 11.3 Å². The van der Waals surface area contributed by atoms with Crippen molar-refractivity contribution in [2.75, 3.05) is 38.1 Å². The lowest BCUT2D eigenvalue weighted by atomic mass is 9.79. The highest BCUT2D eigenvalue weighted by molar-refractivity contribution is 9.10. The summed E-state index contributed by atoms with van der Waals surface area (Å²) in [5.41, 5.74) is 18.5. The van der Waals surface area contributed by atoms with Crippen molar-refractivity contribution in [1.82, 2.24) is 19.9 Å². The zero-order valence-electron chi connectivity index (χ0n) is 30.0. The highest BCUT2D eigenvalue weighted by Gasteiger charge is 2.51. The molecule has 1 fully saturated rings. The Morgan fingerprint density at radius 1 is 0.688 bits per heavy atom. The van der Waals surface area contributed by atoms with E-state index >= 15 is 0 Å². The van der Waals surface area contributed by atoms with Gasteiger partial charge in [-0.15, -0.1) is 0 Å². The third-order valence-corrected chi connectivity index (χ3v) is 11.9. The first kappa shape index (κ1) is 39.6. The maximum atomic E-state index is 12.3. The van der Waals surface area contributed by atoms with Crippen LogP contribution < -0.4 is 27.5 Å². The van der Waals surface area contributed by atoms with E-state index in [1.807, 2.05) is 79.7 Å². The summed E-state index contributed by atoms with van der Waals surface area (Å²) in [4.78, 5) is 17.0. The summed E-state index contributed by atoms with van der Waals surface area (Å²) in [5.74, 6) is 0. The Morgan fingerprint density at radius 2 is 1.15 bits per heavy atom. The van der Waals surface area contributed by atoms with Crippen LogP contribution in [0.1, 0.15) is 50.5 Å². The first-order valence-corrected chi connectivity index (χ1v) is 21.4. The Bertz CT molecular complexity index is 1880. The highest BCUT2D eigenvalue weighted by Crippen LogP contribution is 2.39. The summed E-state index contributed by atoms with van der Waals surface area (Å²) < 4.78 is 37.3. The quantitative estimate of drug-likeness (QED) is 0.138. The van der Waals surface area contributed by atoms with Crippen molar-refractivity contribution in [3.05, 3.63) is 76.2 Å². The lowest BCUT2D eigenvalue weighted by Gasteiger charge is -2.32. The van der Waals surface area contributed by atoms with Crippen molar-refractivity contribution in [1.29, 1.82) is 0 Å². The van der Waals surface area contributed by atoms with Gasteiger partial charge < -0.3 is 29.9 Å². The molecule has 4 aromatic rings. The van der Waals surface area contributed by atoms with Crippen LogP contribution in [0.15, 0.2) is 53.4 Å². The number of nitrogens with zero attached hydrogens (tertiary/aromatic N) is 4. The molecule has 0 amide bonds. The van der Waals surface area contributed by atoms with Crippen LogP contribution in [0.3, 0.4) is 0 Å². The number of nitrogens with two attached hydrogens (primary N) is 2. The van der Waals surface area contributed by atoms with Gasteiger partial charge in [0.25, 0.3) is 0 Å². The van der Waals surface area contributed by atoms with Crippen molar-refractivity contribution in [2.45, 2.75) is 66.6 Å². The summed E-state index contributed by atoms with van der Waals surface area (Å²) in [6.07, 6.45) is 3.43. The zero-order chi connectivity index (χ0) is 36.4. The lowest BCUT2D eigenvalue weighted by molar-refractivity contribution is 0.00578. The van der Waals surface area contributed by atoms with Crippen LogP contribution in [0.25, 0.3) is 11.3 Å². The normalized spacial score (nSPS) is 15.2. The van der Waals surface area contributed by atoms with Crippen LogP contribution in [-0.4, -0.2) is 64.9 Å². The molecule has 0 spiro atoms. The molecule has 1 saturated heterocycles. The van der Waals surface area contributed by atoms with Gasteiger partial charge in [-0.25, -0.2) is 9.97 Å². The molecule has 0 bridgehead atoms. The zero-order valence-corrected chi connectivity index (χ0v) is 33.4. The van der Waals surface area contributed by atoms with Gasteiger partial charge in [0.2, 0.25) is 0 Å². The minimum Gasteiger partial charge on any atom is -0.399 e. The van der Waals surface area contributed by atoms with E-state index in [9.17, 15) is 9.13 Å². The van der Waals surface area contributed by atoms with E-state index in [4.69, 9.17) is 20.8 Å². The maximum absolute atomic E-state index is 12.3. The summed E-state index contributed by atoms with van der Waals surface area (Å²) in [6.45, 7) is 22.6. The molecule has 2 aromatic heterocycles. The van der Waals surface area contributed by atoms with Gasteiger partial charge in [-0.2, -0.15) is 0 Å². The fraction of sp³-hybridized carbons (Fsp3) is 0.412. The molecule has 2 aromatic carbocycles. The fourth-order valence-electron chi connectivity index (χ4n) is 4.52. The second kappa shape index (κ2) is 14.9. The molecule has 0 unspecified atom stereocenters. The van der Waals surface area contributed by atoms with Gasteiger partial charge in [0, 0.05) is 27.5 Å². The molecule has 5 rings (SSSR count). The third-order valence-electron chi connectivity index (χ3n) is 8.42. The molecule has 0 saturated carbocycles. The topological polar surface area (TPSA) is 156 Å². The maximum Gasteiger partial charge on any atom is 0.494 e. The molecular formula is C34H48BBrN6O4P2. The standard InChI is InChI=1S/C14H23BNO3P.C14H18N3OP.C6H7BrN2/c1-13(2)14(3,4)19-15(18-13)10-7-8-11(16)12(9-10)20(5,6)17;1-9-10(2)17-13(8-16-9)11-5-6-12(15)14(7-11)19(3,4)18;1-4-5(2)9-6(7)3-8-4/h7-9H,16H2,1-6H3;5-8H,15H2,1-4H3;3H,1-2H3. The number of nitrogen functional groups attached to an aromatic ring is 2. The van der Waals surface area contributed by atoms with Crippen LogP contribution in [0, 0.1) is 27.7 Å². The monoisotopic (exact) mass is 756 g/mol. The number of aryl methyl sites for hydroxylation is 4. The van der Waals surface area contributed by atoms with Gasteiger partial charge in [-0.05, 0) is 128 Å². The molecule has 258 valence electrons. The third kappa shape index (κ3) is 9.85. The molecule has 14 heteroatoms. The van der Waals surface area contributed by atoms with Gasteiger partial charge in [-0.3, -0.25) is 9.97 Å². The van der Waals surface area contributed by atoms with Crippen molar-refractivity contribution < 1.29 is 18.4 Å². The van der Waals surface area contributed by atoms with Crippen molar-refractivity contribution in [2.24, 2.45) is 0 Å². The first-order valence-electron chi connectivity index (χ1n) is 15.4. The van der Waals surface area contributed by atoms with Crippen LogP contribution in [0.5, 0.6) is 0 Å². The van der Waals surface area contributed by atoms with E-state index in [0.29, 0.717) is 22.0 Å². The van der Waals surface area contributed by atoms with Crippen LogP contribution in [0.4, 0.5) is 11.4 Å². The van der Waals surface area contributed by atoms with E-state index in [0.717, 1.165) is 44.1 Å². The SMILES string of the molecule is CC1(C)OB(c2ccc(N)c(P(C)(C)=O)c2)OC1(C)C.Cc1ncc(-c2ccc(N)c(P(C)(C)=O)c2)nc1C.Cc1ncc(Br)nc1C. The molecule has 1 aliphatic rings. The average molecular weight is 757 g/mol. The predicted molar refractivity (Wildman–Crippen MR) is 205 cm³/mol. The summed E-state index contributed by atoms with van der Waals surface area (Å²) in [5, 5.41) is 1.38. The number of aromatic nitrogens is 4. The minimum absolute atomic E-state index is 0.388. The Morgan fingerprint density at radius 3 is 1.60 bits per heavy atom. The molecule has 10 nitrogen and oxygen atoms in total. The van der Waals surface area contributed by atoms with E-state index in [2.05, 4.69) is 35.9 Å². The number of halogens is 1. The molecule has 48 heavy (non-hydrogen) atoms. The largest absolute Gasteiger partial charge is 0.494 e. The van der Waals surface area contributed by atoms with Crippen molar-refractivity contribution >= 4 is 64.8 Å². The summed E-state index contributed by atoms with van der Waals surface area (Å²) in [6, 6.07) is 11.0. The number of rotatable bonds is 4. The average Bonchev–Trinajstić information content (AvgIpc) is 3.18. The van der Waals surface area contributed by atoms with Crippen LogP contribution in [-0.2, 0) is 18.4 Å². The Kier molecular flexibility index (Phi) is 12.3. The van der Waals surface area contributed by atoms with E-state index in [-0.39, 0.29) is 11.2 Å². The second-order valence-corrected chi connectivity index (χ2v) is 20.9. The van der Waals surface area contributed by atoms with Gasteiger partial charge in [0.1, 0.15) is 18.9 Å². The van der Waals surface area contributed by atoms with Gasteiger partial charge in [-0.1, -0.05) is 12.1 Å². The molecule has 3 heterocycles. The molecular weight excluding hydrogens is 709 g/mol. The van der Waals surface area contributed by atoms with Gasteiger partial charge in [0.15, 0.2) is 0 Å². The van der Waals surface area contributed by atoms with Gasteiger partial charge >= 0.3 is 7.12 Å². The van der Waals surface area contributed by atoms with E-state index in [1.165, 1.54) is 0 Å². The van der Waals surface area contributed by atoms with Gasteiger partial charge in [0.05, 0.1) is 52.1 Å². The minimum atomic E-state index is -2.42. The number of anilines is 2. The van der Waals surface area contributed by atoms with E-state index in [1.54, 1.807) is 51.2 Å². The molecule has 0 aliphatic carbocycles. The molecule has 0 atom stereocenters. The number of hydrogen-bond donors (Lipinski definition) is 2. The predicted octanol–water partition coefficient (Wildman–Crippen LogP) is 6.26. The number of hydrogen-bond acceptors (Lipinski definition) is 10. The van der Waals surface area contributed by atoms with E-state index < -0.39 is 21.4 Å².